The van der Waals surface area contributed by atoms with Gasteiger partial charge < -0.3 is 5.84 Å². The summed E-state index contributed by atoms with van der Waals surface area (Å²) in [6, 6.07) is 0. The van der Waals surface area contributed by atoms with Crippen molar-refractivity contribution in [3.05, 3.63) is 10.6 Å². The summed E-state index contributed by atoms with van der Waals surface area (Å²) in [4.78, 5) is 0. The van der Waals surface area contributed by atoms with E-state index in [0.29, 0.717) is 18.7 Å². The van der Waals surface area contributed by atoms with Crippen LogP contribution in [0.25, 0.3) is 0 Å². The Bertz CT molecular complexity index is 442. The second kappa shape index (κ2) is 4.32. The number of halogens is 3. The molecule has 0 bridgehead atoms. The summed E-state index contributed by atoms with van der Waals surface area (Å²) in [6.07, 6.45) is -2.93. The fourth-order valence-electron chi connectivity index (χ4n) is 2.28. The molecule has 1 heterocycles. The summed E-state index contributed by atoms with van der Waals surface area (Å²) in [5.74, 6) is 4.98. The van der Waals surface area contributed by atoms with Crippen LogP contribution in [-0.4, -0.2) is 21.0 Å². The average Bonchev–Trinajstić information content (AvgIpc) is 2.59. The minimum atomic E-state index is -4.08. The molecule has 1 aliphatic carbocycles. The molecule has 0 atom stereocenters. The van der Waals surface area contributed by atoms with Crippen LogP contribution in [0.4, 0.5) is 13.2 Å². The molecule has 1 fully saturated rings. The van der Waals surface area contributed by atoms with Crippen LogP contribution in [0.15, 0.2) is 0 Å². The lowest BCUT2D eigenvalue weighted by molar-refractivity contribution is -0.182. The number of alkyl halides is 3. The Balaban J connectivity index is 2.05. The number of nitrogens with one attached hydrogen (secondary N) is 1. The molecular weight excluding hydrogens is 253 g/mol. The van der Waals surface area contributed by atoms with E-state index in [1.807, 2.05) is 0 Å². The summed E-state index contributed by atoms with van der Waals surface area (Å²) >= 11 is 4.87. The van der Waals surface area contributed by atoms with Gasteiger partial charge in [-0.25, -0.2) is 4.68 Å². The van der Waals surface area contributed by atoms with Crippen LogP contribution >= 0.6 is 12.2 Å². The highest BCUT2D eigenvalue weighted by molar-refractivity contribution is 7.71. The van der Waals surface area contributed by atoms with Gasteiger partial charge in [-0.2, -0.15) is 18.3 Å². The van der Waals surface area contributed by atoms with Crippen molar-refractivity contribution < 1.29 is 13.2 Å². The molecule has 1 aromatic rings. The van der Waals surface area contributed by atoms with E-state index in [-0.39, 0.29) is 23.5 Å². The Kier molecular flexibility index (Phi) is 3.15. The molecule has 1 aliphatic rings. The van der Waals surface area contributed by atoms with E-state index in [9.17, 15) is 13.2 Å². The Labute approximate surface area is 101 Å². The maximum absolute atomic E-state index is 12.5. The predicted octanol–water partition coefficient (Wildman–Crippen LogP) is 2.49. The maximum Gasteiger partial charge on any atom is 0.391 e. The van der Waals surface area contributed by atoms with Crippen LogP contribution in [0.5, 0.6) is 0 Å². The quantitative estimate of drug-likeness (QED) is 0.606. The lowest BCUT2D eigenvalue weighted by Crippen LogP contribution is -2.28. The van der Waals surface area contributed by atoms with Crippen LogP contribution in [-0.2, 0) is 0 Å². The zero-order chi connectivity index (χ0) is 12.6. The minimum Gasteiger partial charge on any atom is -0.335 e. The van der Waals surface area contributed by atoms with Crippen molar-refractivity contribution in [2.45, 2.75) is 37.8 Å². The second-order valence-corrected chi connectivity index (χ2v) is 4.73. The number of nitrogens with two attached hydrogens (primary N) is 1. The molecule has 1 saturated carbocycles. The molecule has 0 radical (unpaired) electrons. The van der Waals surface area contributed by atoms with Crippen molar-refractivity contribution in [2.24, 2.45) is 5.92 Å². The van der Waals surface area contributed by atoms with Gasteiger partial charge in [-0.15, -0.1) is 0 Å². The number of H-pyrrole nitrogens is 1. The van der Waals surface area contributed by atoms with Gasteiger partial charge in [0.15, 0.2) is 5.82 Å². The molecule has 0 aliphatic heterocycles. The number of hydrogen-bond donors (Lipinski definition) is 2. The zero-order valence-corrected chi connectivity index (χ0v) is 9.81. The molecule has 0 saturated heterocycles. The molecule has 0 amide bonds. The number of aromatic amines is 1. The van der Waals surface area contributed by atoms with Gasteiger partial charge >= 0.3 is 6.18 Å². The first-order valence-corrected chi connectivity index (χ1v) is 5.79. The highest BCUT2D eigenvalue weighted by atomic mass is 32.1. The highest BCUT2D eigenvalue weighted by Gasteiger charge is 2.42. The average molecular weight is 266 g/mol. The van der Waals surface area contributed by atoms with E-state index >= 15 is 0 Å². The number of rotatable bonds is 1. The first-order valence-electron chi connectivity index (χ1n) is 5.38. The van der Waals surface area contributed by atoms with Gasteiger partial charge in [-0.1, -0.05) is 0 Å². The minimum absolute atomic E-state index is 0.0356. The van der Waals surface area contributed by atoms with Crippen LogP contribution < -0.4 is 5.84 Å². The Morgan fingerprint density at radius 2 is 1.88 bits per heavy atom. The molecule has 96 valence electrons. The Morgan fingerprint density at radius 1 is 1.29 bits per heavy atom. The van der Waals surface area contributed by atoms with Crippen molar-refractivity contribution in [3.63, 3.8) is 0 Å². The molecule has 0 unspecified atom stereocenters. The monoisotopic (exact) mass is 266 g/mol. The van der Waals surface area contributed by atoms with E-state index in [0.717, 1.165) is 0 Å². The summed E-state index contributed by atoms with van der Waals surface area (Å²) in [7, 11) is 0. The zero-order valence-electron chi connectivity index (χ0n) is 9.00. The molecule has 0 spiro atoms. The van der Waals surface area contributed by atoms with E-state index < -0.39 is 12.1 Å². The van der Waals surface area contributed by atoms with Gasteiger partial charge in [-0.3, -0.25) is 5.10 Å². The first-order chi connectivity index (χ1) is 7.89. The van der Waals surface area contributed by atoms with Crippen molar-refractivity contribution in [1.29, 1.82) is 0 Å². The smallest absolute Gasteiger partial charge is 0.335 e. The second-order valence-electron chi connectivity index (χ2n) is 4.35. The first kappa shape index (κ1) is 12.4. The molecule has 4 nitrogen and oxygen atoms in total. The van der Waals surface area contributed by atoms with E-state index in [1.165, 1.54) is 4.68 Å². The van der Waals surface area contributed by atoms with Crippen molar-refractivity contribution in [1.82, 2.24) is 14.9 Å². The van der Waals surface area contributed by atoms with Crippen LogP contribution in [0, 0.1) is 10.7 Å². The highest BCUT2D eigenvalue weighted by Crippen LogP contribution is 2.42. The van der Waals surface area contributed by atoms with Crippen LogP contribution in [0.2, 0.25) is 0 Å². The molecule has 2 rings (SSSR count). The molecule has 17 heavy (non-hydrogen) atoms. The number of nitrogen functional groups attached to an aromatic ring is 1. The molecule has 0 aromatic carbocycles. The lowest BCUT2D eigenvalue weighted by Gasteiger charge is -2.28. The summed E-state index contributed by atoms with van der Waals surface area (Å²) in [6.45, 7) is 0. The Hall–Kier alpha value is -1.05. The summed E-state index contributed by atoms with van der Waals surface area (Å²) in [5, 5.41) is 6.51. The van der Waals surface area contributed by atoms with Gasteiger partial charge in [0.1, 0.15) is 0 Å². The standard InChI is InChI=1S/C9H13F3N4S/c10-9(11,12)6-3-1-5(2-4-6)7-14-15-8(17)16(7)13/h5-6H,1-4,13H2,(H,15,17). The molecule has 3 N–H and O–H groups in total. The fourth-order valence-corrected chi connectivity index (χ4v) is 2.42. The van der Waals surface area contributed by atoms with E-state index in [4.69, 9.17) is 18.1 Å². The Morgan fingerprint density at radius 3 is 2.29 bits per heavy atom. The van der Waals surface area contributed by atoms with Crippen molar-refractivity contribution in [2.75, 3.05) is 5.84 Å². The number of aromatic nitrogens is 3. The normalized spacial score (nSPS) is 26.1. The maximum atomic E-state index is 12.5. The number of hydrogen-bond acceptors (Lipinski definition) is 3. The van der Waals surface area contributed by atoms with Gasteiger partial charge in [0.25, 0.3) is 0 Å². The largest absolute Gasteiger partial charge is 0.391 e. The third-order valence-electron chi connectivity index (χ3n) is 3.29. The van der Waals surface area contributed by atoms with Gasteiger partial charge in [0, 0.05) is 5.92 Å². The van der Waals surface area contributed by atoms with Crippen LogP contribution in [0.1, 0.15) is 37.4 Å². The molecule has 1 aromatic heterocycles. The van der Waals surface area contributed by atoms with Gasteiger partial charge in [-0.05, 0) is 37.9 Å². The topological polar surface area (TPSA) is 59.6 Å². The SMILES string of the molecule is Nn1c(C2CCC(C(F)(F)F)CC2)n[nH]c1=S. The van der Waals surface area contributed by atoms with Gasteiger partial charge in [0.05, 0.1) is 5.92 Å². The number of nitrogens with zero attached hydrogens (tertiary/aromatic N) is 2. The van der Waals surface area contributed by atoms with Gasteiger partial charge in [0.2, 0.25) is 4.77 Å². The third kappa shape index (κ3) is 2.46. The van der Waals surface area contributed by atoms with Crippen molar-refractivity contribution >= 4 is 12.2 Å². The molecular formula is C9H13F3N4S. The summed E-state index contributed by atoms with van der Waals surface area (Å²) < 4.78 is 39.0. The predicted molar refractivity (Wildman–Crippen MR) is 58.3 cm³/mol. The van der Waals surface area contributed by atoms with E-state index in [2.05, 4.69) is 10.2 Å². The van der Waals surface area contributed by atoms with Crippen LogP contribution in [0.3, 0.4) is 0 Å². The lowest BCUT2D eigenvalue weighted by atomic mass is 9.81. The van der Waals surface area contributed by atoms with E-state index in [1.54, 1.807) is 0 Å². The summed E-state index contributed by atoms with van der Waals surface area (Å²) in [5.41, 5.74) is 0. The van der Waals surface area contributed by atoms with Crippen molar-refractivity contribution in [3.8, 4) is 0 Å². The fraction of sp³-hybridized carbons (Fsp3) is 0.778. The molecule has 8 heteroatoms. The third-order valence-corrected chi connectivity index (χ3v) is 3.57.